The molecule has 1 saturated heterocycles. The fraction of sp³-hybridized carbons (Fsp3) is 0.667. The summed E-state index contributed by atoms with van der Waals surface area (Å²) in [7, 11) is 0. The second-order valence-electron chi connectivity index (χ2n) is 4.61. The van der Waals surface area contributed by atoms with Gasteiger partial charge in [-0.2, -0.15) is 5.10 Å². The lowest BCUT2D eigenvalue weighted by molar-refractivity contribution is -0.136. The van der Waals surface area contributed by atoms with Crippen molar-refractivity contribution < 1.29 is 9.90 Å². The number of piperidine rings is 1. The molecule has 1 atom stereocenters. The van der Waals surface area contributed by atoms with Crippen LogP contribution in [0.15, 0.2) is 18.5 Å². The van der Waals surface area contributed by atoms with Gasteiger partial charge in [-0.25, -0.2) is 0 Å². The largest absolute Gasteiger partial charge is 0.396 e. The van der Waals surface area contributed by atoms with Crippen LogP contribution >= 0.6 is 0 Å². The van der Waals surface area contributed by atoms with Gasteiger partial charge in [-0.15, -0.1) is 0 Å². The minimum atomic E-state index is -0.240. The molecule has 1 N–H and O–H groups in total. The van der Waals surface area contributed by atoms with Crippen molar-refractivity contribution >= 4 is 5.91 Å². The van der Waals surface area contributed by atoms with Crippen LogP contribution in [0.4, 0.5) is 0 Å². The Bertz CT molecular complexity index is 356. The number of carbonyl (C=O) groups excluding carboxylic acids is 1. The van der Waals surface area contributed by atoms with Crippen LogP contribution in [-0.2, 0) is 4.79 Å². The van der Waals surface area contributed by atoms with Crippen molar-refractivity contribution in [2.45, 2.75) is 25.8 Å². The van der Waals surface area contributed by atoms with E-state index in [-0.39, 0.29) is 18.6 Å². The van der Waals surface area contributed by atoms with Crippen LogP contribution in [0.1, 0.15) is 25.8 Å². The zero-order valence-corrected chi connectivity index (χ0v) is 10.1. The predicted octanol–water partition coefficient (Wildman–Crippen LogP) is 0.675. The van der Waals surface area contributed by atoms with Crippen LogP contribution < -0.4 is 0 Å². The topological polar surface area (TPSA) is 58.4 Å². The minimum absolute atomic E-state index is 0.116. The molecule has 0 radical (unpaired) electrons. The van der Waals surface area contributed by atoms with E-state index in [1.54, 1.807) is 10.9 Å². The van der Waals surface area contributed by atoms with E-state index in [4.69, 9.17) is 5.11 Å². The maximum atomic E-state index is 12.2. The number of aliphatic hydroxyl groups excluding tert-OH is 1. The second-order valence-corrected chi connectivity index (χ2v) is 4.61. The van der Waals surface area contributed by atoms with Crippen LogP contribution in [0, 0.1) is 5.92 Å². The number of aromatic nitrogens is 2. The predicted molar refractivity (Wildman–Crippen MR) is 63.3 cm³/mol. The van der Waals surface area contributed by atoms with Crippen molar-refractivity contribution in [3.05, 3.63) is 18.5 Å². The van der Waals surface area contributed by atoms with E-state index >= 15 is 0 Å². The third-order valence-corrected chi connectivity index (χ3v) is 3.46. The Morgan fingerprint density at radius 1 is 1.53 bits per heavy atom. The molecule has 2 heterocycles. The summed E-state index contributed by atoms with van der Waals surface area (Å²) in [5.74, 6) is 0.476. The number of likely N-dealkylation sites (tertiary alicyclic amines) is 1. The van der Waals surface area contributed by atoms with E-state index in [1.807, 2.05) is 24.1 Å². The molecule has 1 fully saturated rings. The van der Waals surface area contributed by atoms with Crippen LogP contribution in [0.2, 0.25) is 0 Å². The number of aliphatic hydroxyl groups is 1. The molecule has 0 saturated carbocycles. The Hall–Kier alpha value is -1.36. The van der Waals surface area contributed by atoms with Gasteiger partial charge in [0.15, 0.2) is 0 Å². The van der Waals surface area contributed by atoms with Gasteiger partial charge in [0.1, 0.15) is 6.04 Å². The van der Waals surface area contributed by atoms with Gasteiger partial charge in [-0.05, 0) is 31.7 Å². The Balaban J connectivity index is 1.93. The van der Waals surface area contributed by atoms with E-state index < -0.39 is 0 Å². The smallest absolute Gasteiger partial charge is 0.247 e. The zero-order valence-electron chi connectivity index (χ0n) is 10.1. The van der Waals surface area contributed by atoms with Gasteiger partial charge in [0, 0.05) is 32.1 Å². The van der Waals surface area contributed by atoms with E-state index in [1.165, 1.54) is 0 Å². The van der Waals surface area contributed by atoms with Gasteiger partial charge >= 0.3 is 0 Å². The zero-order chi connectivity index (χ0) is 12.3. The summed E-state index contributed by atoms with van der Waals surface area (Å²) in [6, 6.07) is 1.58. The molecule has 0 aliphatic carbocycles. The third-order valence-electron chi connectivity index (χ3n) is 3.46. The molecule has 0 spiro atoms. The quantitative estimate of drug-likeness (QED) is 0.840. The molecule has 1 aliphatic heterocycles. The van der Waals surface area contributed by atoms with Crippen molar-refractivity contribution in [1.82, 2.24) is 14.7 Å². The molecule has 17 heavy (non-hydrogen) atoms. The van der Waals surface area contributed by atoms with Gasteiger partial charge < -0.3 is 10.0 Å². The molecule has 5 heteroatoms. The van der Waals surface area contributed by atoms with Crippen LogP contribution in [0.5, 0.6) is 0 Å². The Morgan fingerprint density at radius 2 is 2.24 bits per heavy atom. The number of carbonyl (C=O) groups is 1. The lowest BCUT2D eigenvalue weighted by Gasteiger charge is -2.32. The molecular formula is C12H19N3O2. The van der Waals surface area contributed by atoms with Crippen molar-refractivity contribution in [3.8, 4) is 0 Å². The molecule has 0 aromatic carbocycles. The number of hydrogen-bond acceptors (Lipinski definition) is 3. The number of rotatable bonds is 3. The summed E-state index contributed by atoms with van der Waals surface area (Å²) in [5, 5.41) is 13.2. The van der Waals surface area contributed by atoms with Gasteiger partial charge in [-0.3, -0.25) is 9.48 Å². The summed E-state index contributed by atoms with van der Waals surface area (Å²) in [6.45, 7) is 3.59. The monoisotopic (exact) mass is 237 g/mol. The molecule has 5 nitrogen and oxygen atoms in total. The third kappa shape index (κ3) is 2.66. The summed E-state index contributed by atoms with van der Waals surface area (Å²) < 4.78 is 1.68. The summed E-state index contributed by atoms with van der Waals surface area (Å²) in [5.41, 5.74) is 0. The Labute approximate surface area is 101 Å². The molecular weight excluding hydrogens is 218 g/mol. The van der Waals surface area contributed by atoms with Gasteiger partial charge in [0.05, 0.1) is 0 Å². The number of amides is 1. The van der Waals surface area contributed by atoms with Crippen LogP contribution in [0.3, 0.4) is 0 Å². The average Bonchev–Trinajstić information content (AvgIpc) is 2.91. The highest BCUT2D eigenvalue weighted by Crippen LogP contribution is 2.19. The molecule has 1 amide bonds. The highest BCUT2D eigenvalue weighted by Gasteiger charge is 2.26. The standard InChI is InChI=1S/C12H19N3O2/c1-10(15-6-2-5-13-15)12(17)14-7-3-11(9-16)4-8-14/h2,5-6,10-11,16H,3-4,7-9H2,1H3/t10-/m1/s1. The first-order valence-electron chi connectivity index (χ1n) is 6.11. The molecule has 1 aromatic heterocycles. The van der Waals surface area contributed by atoms with Crippen LogP contribution in [0.25, 0.3) is 0 Å². The van der Waals surface area contributed by atoms with Crippen molar-refractivity contribution in [2.24, 2.45) is 5.92 Å². The van der Waals surface area contributed by atoms with Gasteiger partial charge in [0.25, 0.3) is 0 Å². The minimum Gasteiger partial charge on any atom is -0.396 e. The van der Waals surface area contributed by atoms with Crippen molar-refractivity contribution in [3.63, 3.8) is 0 Å². The maximum Gasteiger partial charge on any atom is 0.247 e. The lowest BCUT2D eigenvalue weighted by Crippen LogP contribution is -2.42. The molecule has 94 valence electrons. The molecule has 0 bridgehead atoms. The van der Waals surface area contributed by atoms with Gasteiger partial charge in [0.2, 0.25) is 5.91 Å². The molecule has 2 rings (SSSR count). The lowest BCUT2D eigenvalue weighted by atomic mass is 9.97. The first-order chi connectivity index (χ1) is 8.22. The highest BCUT2D eigenvalue weighted by molar-refractivity contribution is 5.80. The Kier molecular flexibility index (Phi) is 3.78. The summed E-state index contributed by atoms with van der Waals surface area (Å²) in [6.07, 6.45) is 5.28. The van der Waals surface area contributed by atoms with Gasteiger partial charge in [-0.1, -0.05) is 0 Å². The average molecular weight is 237 g/mol. The first kappa shape index (κ1) is 12.1. The van der Waals surface area contributed by atoms with E-state index in [9.17, 15) is 4.79 Å². The van der Waals surface area contributed by atoms with Crippen molar-refractivity contribution in [1.29, 1.82) is 0 Å². The maximum absolute atomic E-state index is 12.2. The van der Waals surface area contributed by atoms with Crippen LogP contribution in [-0.4, -0.2) is 45.4 Å². The fourth-order valence-electron chi connectivity index (χ4n) is 2.22. The van der Waals surface area contributed by atoms with E-state index in [0.717, 1.165) is 25.9 Å². The number of nitrogens with zero attached hydrogens (tertiary/aromatic N) is 3. The Morgan fingerprint density at radius 3 is 2.76 bits per heavy atom. The highest BCUT2D eigenvalue weighted by atomic mass is 16.3. The van der Waals surface area contributed by atoms with Crippen molar-refractivity contribution in [2.75, 3.05) is 19.7 Å². The summed E-state index contributed by atoms with van der Waals surface area (Å²) in [4.78, 5) is 14.1. The SMILES string of the molecule is C[C@H](C(=O)N1CCC(CO)CC1)n1cccn1. The second kappa shape index (κ2) is 5.31. The first-order valence-corrected chi connectivity index (χ1v) is 6.11. The number of hydrogen-bond donors (Lipinski definition) is 1. The summed E-state index contributed by atoms with van der Waals surface area (Å²) >= 11 is 0. The normalized spacial score (nSPS) is 19.3. The molecule has 1 aliphatic rings. The molecule has 0 unspecified atom stereocenters. The van der Waals surface area contributed by atoms with E-state index in [2.05, 4.69) is 5.10 Å². The fourth-order valence-corrected chi connectivity index (χ4v) is 2.22. The van der Waals surface area contributed by atoms with E-state index in [0.29, 0.717) is 5.92 Å². The molecule has 1 aromatic rings.